The molecule has 194 valence electrons. The second-order valence-corrected chi connectivity index (χ2v) is 11.9. The SMILES string of the molecule is CN1CCN(Cc2nc(C(F)(F)F)c(-c3nc(NC4CCN(S(C)(=O)=O)CC4)ncc3F)s2)CC1. The lowest BCUT2D eigenvalue weighted by atomic mass is 10.1. The van der Waals surface area contributed by atoms with E-state index in [0.29, 0.717) is 39.0 Å². The number of likely N-dealkylation sites (N-methyl/N-ethyl adjacent to an activating group) is 1. The molecule has 0 unspecified atom stereocenters. The Morgan fingerprint density at radius 1 is 1.11 bits per heavy atom. The van der Waals surface area contributed by atoms with E-state index in [9.17, 15) is 26.0 Å². The average Bonchev–Trinajstić information content (AvgIpc) is 3.21. The van der Waals surface area contributed by atoms with Crippen LogP contribution in [-0.4, -0.2) is 96.1 Å². The largest absolute Gasteiger partial charge is 0.434 e. The molecule has 0 aromatic carbocycles. The molecule has 0 saturated carbocycles. The molecule has 0 atom stereocenters. The number of halogens is 4. The van der Waals surface area contributed by atoms with Crippen molar-refractivity contribution in [1.29, 1.82) is 0 Å². The third kappa shape index (κ3) is 6.44. The number of rotatable bonds is 6. The van der Waals surface area contributed by atoms with E-state index in [1.165, 1.54) is 4.31 Å². The van der Waals surface area contributed by atoms with Crippen LogP contribution in [-0.2, 0) is 22.7 Å². The van der Waals surface area contributed by atoms with Gasteiger partial charge in [0, 0.05) is 45.3 Å². The molecular weight excluding hydrogens is 510 g/mol. The number of alkyl halides is 3. The van der Waals surface area contributed by atoms with Crippen LogP contribution in [0.1, 0.15) is 23.5 Å². The van der Waals surface area contributed by atoms with Gasteiger partial charge in [-0.25, -0.2) is 32.1 Å². The molecule has 1 N–H and O–H groups in total. The Morgan fingerprint density at radius 3 is 2.37 bits per heavy atom. The number of piperidine rings is 1. The smallest absolute Gasteiger partial charge is 0.351 e. The number of hydrogen-bond acceptors (Lipinski definition) is 9. The first-order chi connectivity index (χ1) is 16.4. The quantitative estimate of drug-likeness (QED) is 0.562. The minimum Gasteiger partial charge on any atom is -0.351 e. The second kappa shape index (κ2) is 10.2. The van der Waals surface area contributed by atoms with Crippen molar-refractivity contribution in [3.05, 3.63) is 22.7 Å². The van der Waals surface area contributed by atoms with Crippen LogP contribution in [0, 0.1) is 5.82 Å². The number of anilines is 1. The highest BCUT2D eigenvalue weighted by molar-refractivity contribution is 7.88. The number of nitrogens with zero attached hydrogens (tertiary/aromatic N) is 6. The maximum absolute atomic E-state index is 14.7. The zero-order valence-corrected chi connectivity index (χ0v) is 21.0. The number of aromatic nitrogens is 3. The van der Waals surface area contributed by atoms with Gasteiger partial charge < -0.3 is 10.2 Å². The van der Waals surface area contributed by atoms with Crippen molar-refractivity contribution in [3.8, 4) is 10.6 Å². The Balaban J connectivity index is 1.55. The Bertz CT molecular complexity index is 1140. The molecule has 2 aliphatic rings. The second-order valence-electron chi connectivity index (χ2n) is 8.83. The summed E-state index contributed by atoms with van der Waals surface area (Å²) in [4.78, 5) is 15.6. The molecule has 35 heavy (non-hydrogen) atoms. The van der Waals surface area contributed by atoms with E-state index in [1.54, 1.807) is 0 Å². The van der Waals surface area contributed by atoms with Crippen LogP contribution in [0.2, 0.25) is 0 Å². The van der Waals surface area contributed by atoms with Crippen LogP contribution in [0.15, 0.2) is 6.20 Å². The predicted octanol–water partition coefficient (Wildman–Crippen LogP) is 2.34. The molecule has 2 aliphatic heterocycles. The van der Waals surface area contributed by atoms with Crippen LogP contribution in [0.25, 0.3) is 10.6 Å². The van der Waals surface area contributed by atoms with E-state index in [4.69, 9.17) is 0 Å². The van der Waals surface area contributed by atoms with Gasteiger partial charge in [-0.15, -0.1) is 11.3 Å². The van der Waals surface area contributed by atoms with Gasteiger partial charge in [0.15, 0.2) is 11.5 Å². The zero-order chi connectivity index (χ0) is 25.4. The van der Waals surface area contributed by atoms with Crippen molar-refractivity contribution in [3.63, 3.8) is 0 Å². The van der Waals surface area contributed by atoms with Crippen molar-refractivity contribution in [2.75, 3.05) is 57.9 Å². The summed E-state index contributed by atoms with van der Waals surface area (Å²) in [5.74, 6) is -0.982. The summed E-state index contributed by atoms with van der Waals surface area (Å²) in [5, 5.41) is 3.25. The molecular formula is C20H27F4N7O2S2. The average molecular weight is 538 g/mol. The maximum atomic E-state index is 14.7. The van der Waals surface area contributed by atoms with Crippen molar-refractivity contribution < 1.29 is 26.0 Å². The lowest BCUT2D eigenvalue weighted by Gasteiger charge is -2.31. The molecule has 2 saturated heterocycles. The Kier molecular flexibility index (Phi) is 7.62. The van der Waals surface area contributed by atoms with E-state index >= 15 is 0 Å². The Labute approximate surface area is 205 Å². The summed E-state index contributed by atoms with van der Waals surface area (Å²) in [6, 6.07) is -0.192. The topological polar surface area (TPSA) is 94.6 Å². The predicted molar refractivity (Wildman–Crippen MR) is 124 cm³/mol. The summed E-state index contributed by atoms with van der Waals surface area (Å²) in [6.45, 7) is 3.88. The van der Waals surface area contributed by atoms with Gasteiger partial charge in [0.2, 0.25) is 16.0 Å². The Morgan fingerprint density at radius 2 is 1.77 bits per heavy atom. The van der Waals surface area contributed by atoms with Crippen molar-refractivity contribution in [2.24, 2.45) is 0 Å². The molecule has 2 aromatic heterocycles. The Hall–Kier alpha value is -1.94. The highest BCUT2D eigenvalue weighted by Gasteiger charge is 2.39. The molecule has 2 fully saturated rings. The van der Waals surface area contributed by atoms with Crippen molar-refractivity contribution in [1.82, 2.24) is 29.1 Å². The van der Waals surface area contributed by atoms with Gasteiger partial charge in [-0.1, -0.05) is 0 Å². The monoisotopic (exact) mass is 537 g/mol. The fraction of sp³-hybridized carbons (Fsp3) is 0.650. The minimum absolute atomic E-state index is 0.0126. The molecule has 2 aromatic rings. The lowest BCUT2D eigenvalue weighted by molar-refractivity contribution is -0.140. The van der Waals surface area contributed by atoms with Crippen LogP contribution in [0.3, 0.4) is 0 Å². The van der Waals surface area contributed by atoms with Crippen molar-refractivity contribution >= 4 is 27.3 Å². The van der Waals surface area contributed by atoms with E-state index < -0.39 is 33.4 Å². The summed E-state index contributed by atoms with van der Waals surface area (Å²) < 4.78 is 80.8. The first-order valence-corrected chi connectivity index (χ1v) is 13.8. The van der Waals surface area contributed by atoms with Crippen molar-refractivity contribution in [2.45, 2.75) is 31.6 Å². The molecule has 0 amide bonds. The number of piperazine rings is 1. The molecule has 0 aliphatic carbocycles. The molecule has 0 bridgehead atoms. The first-order valence-electron chi connectivity index (χ1n) is 11.1. The van der Waals surface area contributed by atoms with Crippen LogP contribution in [0.5, 0.6) is 0 Å². The summed E-state index contributed by atoms with van der Waals surface area (Å²) in [6.07, 6.45) is -1.85. The third-order valence-corrected chi connectivity index (χ3v) is 8.46. The normalized spacial score (nSPS) is 19.8. The molecule has 4 heterocycles. The fourth-order valence-electron chi connectivity index (χ4n) is 4.09. The standard InChI is InChI=1S/C20H27F4N7O2S2/c1-29-7-9-30(10-8-29)12-15-27-18(20(22,23)24)17(34-15)16-14(21)11-25-19(28-16)26-13-3-5-31(6-4-13)35(2,32)33/h11,13H,3-10,12H2,1-2H3,(H,25,26,28). The number of sulfonamides is 1. The van der Waals surface area contributed by atoms with Gasteiger partial charge in [0.1, 0.15) is 10.7 Å². The van der Waals surface area contributed by atoms with Crippen LogP contribution < -0.4 is 5.32 Å². The van der Waals surface area contributed by atoms with E-state index in [-0.39, 0.29) is 28.4 Å². The highest BCUT2D eigenvalue weighted by atomic mass is 32.2. The molecule has 9 nitrogen and oxygen atoms in total. The maximum Gasteiger partial charge on any atom is 0.434 e. The molecule has 15 heteroatoms. The van der Waals surface area contributed by atoms with E-state index in [0.717, 1.165) is 36.9 Å². The van der Waals surface area contributed by atoms with Gasteiger partial charge in [0.05, 0.1) is 23.9 Å². The van der Waals surface area contributed by atoms with Gasteiger partial charge in [-0.3, -0.25) is 4.90 Å². The zero-order valence-electron chi connectivity index (χ0n) is 19.3. The summed E-state index contributed by atoms with van der Waals surface area (Å²) in [5.41, 5.74) is -1.61. The number of hydrogen-bond donors (Lipinski definition) is 1. The first kappa shape index (κ1) is 26.1. The van der Waals surface area contributed by atoms with Gasteiger partial charge in [-0.05, 0) is 19.9 Å². The molecule has 0 radical (unpaired) electrons. The highest BCUT2D eigenvalue weighted by Crippen LogP contribution is 2.41. The van der Waals surface area contributed by atoms with E-state index in [2.05, 4.69) is 25.2 Å². The lowest BCUT2D eigenvalue weighted by Crippen LogP contribution is -2.43. The number of nitrogens with one attached hydrogen (secondary N) is 1. The molecule has 4 rings (SSSR count). The van der Waals surface area contributed by atoms with Gasteiger partial charge in [0.25, 0.3) is 0 Å². The van der Waals surface area contributed by atoms with Gasteiger partial charge >= 0.3 is 6.18 Å². The number of thiazole rings is 1. The van der Waals surface area contributed by atoms with Crippen LogP contribution in [0.4, 0.5) is 23.5 Å². The fourth-order valence-corrected chi connectivity index (χ4v) is 6.08. The van der Waals surface area contributed by atoms with Crippen LogP contribution >= 0.6 is 11.3 Å². The third-order valence-electron chi connectivity index (χ3n) is 6.11. The summed E-state index contributed by atoms with van der Waals surface area (Å²) >= 11 is 0.788. The van der Waals surface area contributed by atoms with Gasteiger partial charge in [-0.2, -0.15) is 13.2 Å². The van der Waals surface area contributed by atoms with E-state index in [1.807, 2.05) is 11.9 Å². The minimum atomic E-state index is -4.77. The summed E-state index contributed by atoms with van der Waals surface area (Å²) in [7, 11) is -1.31. The molecule has 0 spiro atoms.